The van der Waals surface area contributed by atoms with Crippen LogP contribution in [0.2, 0.25) is 0 Å². The Morgan fingerprint density at radius 3 is 2.62 bits per heavy atom. The predicted molar refractivity (Wildman–Crippen MR) is 80.4 cm³/mol. The number of nitrogens with one attached hydrogen (secondary N) is 1. The second-order valence-electron chi connectivity index (χ2n) is 4.90. The van der Waals surface area contributed by atoms with Crippen LogP contribution in [0.4, 0.5) is 4.39 Å². The lowest BCUT2D eigenvalue weighted by Gasteiger charge is -2.18. The third-order valence-corrected chi connectivity index (χ3v) is 4.99. The van der Waals surface area contributed by atoms with Crippen molar-refractivity contribution < 1.29 is 17.5 Å². The molecule has 5 nitrogen and oxygen atoms in total. The zero-order valence-corrected chi connectivity index (χ0v) is 13.5. The van der Waals surface area contributed by atoms with Crippen LogP contribution in [0.1, 0.15) is 31.7 Å². The Hall–Kier alpha value is -1.18. The number of nitrogens with two attached hydrogens (primary N) is 1. The monoisotopic (exact) mass is 318 g/mol. The van der Waals surface area contributed by atoms with Gasteiger partial charge in [-0.3, -0.25) is 0 Å². The first kappa shape index (κ1) is 17.9. The molecule has 0 aliphatic heterocycles. The van der Waals surface area contributed by atoms with Crippen molar-refractivity contribution in [1.82, 2.24) is 4.72 Å². The van der Waals surface area contributed by atoms with E-state index in [1.807, 2.05) is 6.92 Å². The minimum Gasteiger partial charge on any atom is -0.494 e. The van der Waals surface area contributed by atoms with Gasteiger partial charge in [0, 0.05) is 18.2 Å². The van der Waals surface area contributed by atoms with E-state index in [0.717, 1.165) is 12.8 Å². The Balaban J connectivity index is 3.05. The summed E-state index contributed by atoms with van der Waals surface area (Å²) in [6.07, 6.45) is 2.48. The van der Waals surface area contributed by atoms with Gasteiger partial charge in [-0.15, -0.1) is 0 Å². The normalized spacial score (nSPS) is 13.2. The number of ether oxygens (including phenoxy) is 1. The molecule has 3 N–H and O–H groups in total. The van der Waals surface area contributed by atoms with E-state index >= 15 is 0 Å². The van der Waals surface area contributed by atoms with Crippen molar-refractivity contribution in [2.45, 2.75) is 44.0 Å². The molecule has 0 amide bonds. The molecule has 0 spiro atoms. The van der Waals surface area contributed by atoms with Gasteiger partial charge in [-0.2, -0.15) is 0 Å². The average molecular weight is 318 g/mol. The lowest BCUT2D eigenvalue weighted by atomic mass is 10.1. The van der Waals surface area contributed by atoms with Crippen molar-refractivity contribution >= 4 is 10.0 Å². The summed E-state index contributed by atoms with van der Waals surface area (Å²) in [7, 11) is -2.47. The highest BCUT2D eigenvalue weighted by Crippen LogP contribution is 2.26. The molecule has 1 atom stereocenters. The first-order valence-electron chi connectivity index (χ1n) is 6.92. The van der Waals surface area contributed by atoms with Crippen LogP contribution in [0.3, 0.4) is 0 Å². The van der Waals surface area contributed by atoms with Crippen molar-refractivity contribution in [3.8, 4) is 5.75 Å². The van der Waals surface area contributed by atoms with Gasteiger partial charge in [0.1, 0.15) is 0 Å². The van der Waals surface area contributed by atoms with Crippen LogP contribution in [0.15, 0.2) is 17.0 Å². The molecule has 120 valence electrons. The molecule has 1 rings (SSSR count). The molecule has 1 aromatic carbocycles. The number of unbranched alkanes of at least 4 members (excludes halogenated alkanes) is 1. The largest absolute Gasteiger partial charge is 0.494 e. The summed E-state index contributed by atoms with van der Waals surface area (Å²) < 4.78 is 46.1. The number of halogens is 1. The second-order valence-corrected chi connectivity index (χ2v) is 6.58. The van der Waals surface area contributed by atoms with E-state index in [9.17, 15) is 12.8 Å². The Morgan fingerprint density at radius 1 is 1.43 bits per heavy atom. The standard InChI is InChI=1S/C14H23FN2O3S/c1-4-5-6-11(9-16)17-21(18,19)13-8-7-12(20-3)14(15)10(13)2/h7-8,11,17H,4-6,9,16H2,1-3H3. The van der Waals surface area contributed by atoms with Gasteiger partial charge in [0.2, 0.25) is 10.0 Å². The molecule has 1 aromatic rings. The van der Waals surface area contributed by atoms with E-state index in [4.69, 9.17) is 10.5 Å². The maximum Gasteiger partial charge on any atom is 0.241 e. The van der Waals surface area contributed by atoms with Crippen LogP contribution >= 0.6 is 0 Å². The highest BCUT2D eigenvalue weighted by Gasteiger charge is 2.23. The van der Waals surface area contributed by atoms with Gasteiger partial charge in [0.15, 0.2) is 11.6 Å². The summed E-state index contributed by atoms with van der Waals surface area (Å²) in [4.78, 5) is -0.0873. The third kappa shape index (κ3) is 4.39. The van der Waals surface area contributed by atoms with Crippen LogP contribution in [-0.4, -0.2) is 28.1 Å². The van der Waals surface area contributed by atoms with Crippen LogP contribution in [-0.2, 0) is 10.0 Å². The van der Waals surface area contributed by atoms with Gasteiger partial charge in [0.05, 0.1) is 12.0 Å². The Morgan fingerprint density at radius 2 is 2.10 bits per heavy atom. The van der Waals surface area contributed by atoms with Crippen molar-refractivity contribution in [2.24, 2.45) is 5.73 Å². The van der Waals surface area contributed by atoms with Crippen molar-refractivity contribution in [3.05, 3.63) is 23.5 Å². The summed E-state index contributed by atoms with van der Waals surface area (Å²) in [5.41, 5.74) is 5.63. The highest BCUT2D eigenvalue weighted by atomic mass is 32.2. The van der Waals surface area contributed by atoms with E-state index in [1.54, 1.807) is 0 Å². The minimum atomic E-state index is -3.81. The zero-order valence-electron chi connectivity index (χ0n) is 12.6. The molecule has 0 saturated heterocycles. The van der Waals surface area contributed by atoms with Crippen LogP contribution < -0.4 is 15.2 Å². The molecule has 0 fully saturated rings. The minimum absolute atomic E-state index is 0.0211. The molecule has 0 radical (unpaired) electrons. The predicted octanol–water partition coefficient (Wildman–Crippen LogP) is 1.94. The lowest BCUT2D eigenvalue weighted by molar-refractivity contribution is 0.384. The average Bonchev–Trinajstić information content (AvgIpc) is 2.45. The van der Waals surface area contributed by atoms with E-state index < -0.39 is 15.8 Å². The molecule has 0 aliphatic carbocycles. The maximum absolute atomic E-state index is 14.0. The number of sulfonamides is 1. The fourth-order valence-corrected chi connectivity index (χ4v) is 3.57. The first-order valence-corrected chi connectivity index (χ1v) is 8.41. The van der Waals surface area contributed by atoms with Crippen molar-refractivity contribution in [1.29, 1.82) is 0 Å². The molecule has 21 heavy (non-hydrogen) atoms. The second kappa shape index (κ2) is 7.72. The fourth-order valence-electron chi connectivity index (χ4n) is 2.05. The maximum atomic E-state index is 14.0. The number of benzene rings is 1. The van der Waals surface area contributed by atoms with Crippen molar-refractivity contribution in [2.75, 3.05) is 13.7 Å². The fraction of sp³-hybridized carbons (Fsp3) is 0.571. The van der Waals surface area contributed by atoms with Gasteiger partial charge in [-0.25, -0.2) is 17.5 Å². The topological polar surface area (TPSA) is 81.4 Å². The third-order valence-electron chi connectivity index (χ3n) is 3.32. The van der Waals surface area contributed by atoms with E-state index in [1.165, 1.54) is 26.2 Å². The molecular weight excluding hydrogens is 295 g/mol. The van der Waals surface area contributed by atoms with Gasteiger partial charge in [-0.05, 0) is 25.5 Å². The van der Waals surface area contributed by atoms with Gasteiger partial charge in [0.25, 0.3) is 0 Å². The molecule has 0 aromatic heterocycles. The summed E-state index contributed by atoms with van der Waals surface area (Å²) in [6.45, 7) is 3.64. The van der Waals surface area contributed by atoms with Crippen LogP contribution in [0.5, 0.6) is 5.75 Å². The molecule has 0 aliphatic rings. The molecule has 1 unspecified atom stereocenters. The van der Waals surface area contributed by atoms with Gasteiger partial charge in [-0.1, -0.05) is 19.8 Å². The van der Waals surface area contributed by atoms with Crippen LogP contribution in [0.25, 0.3) is 0 Å². The summed E-state index contributed by atoms with van der Waals surface area (Å²) in [6, 6.07) is 2.30. The number of rotatable bonds is 8. The number of methoxy groups -OCH3 is 1. The number of hydrogen-bond donors (Lipinski definition) is 2. The Kier molecular flexibility index (Phi) is 6.57. The van der Waals surface area contributed by atoms with Crippen molar-refractivity contribution in [3.63, 3.8) is 0 Å². The van der Waals surface area contributed by atoms with E-state index in [2.05, 4.69) is 4.72 Å². The SMILES string of the molecule is CCCCC(CN)NS(=O)(=O)c1ccc(OC)c(F)c1C. The summed E-state index contributed by atoms with van der Waals surface area (Å²) in [5.74, 6) is -0.647. The molecule has 0 saturated carbocycles. The molecular formula is C14H23FN2O3S. The molecule has 0 bridgehead atoms. The Labute approximate surface area is 125 Å². The molecule has 7 heteroatoms. The van der Waals surface area contributed by atoms with Crippen LogP contribution in [0, 0.1) is 12.7 Å². The smallest absolute Gasteiger partial charge is 0.241 e. The zero-order chi connectivity index (χ0) is 16.0. The summed E-state index contributed by atoms with van der Waals surface area (Å²) >= 11 is 0. The summed E-state index contributed by atoms with van der Waals surface area (Å²) in [5, 5.41) is 0. The quantitative estimate of drug-likeness (QED) is 0.767. The first-order chi connectivity index (χ1) is 9.87. The van der Waals surface area contributed by atoms with E-state index in [0.29, 0.717) is 6.42 Å². The molecule has 0 heterocycles. The van der Waals surface area contributed by atoms with E-state index in [-0.39, 0.29) is 28.8 Å². The van der Waals surface area contributed by atoms with Gasteiger partial charge >= 0.3 is 0 Å². The highest BCUT2D eigenvalue weighted by molar-refractivity contribution is 7.89. The Bertz CT molecular complexity index is 576. The number of hydrogen-bond acceptors (Lipinski definition) is 4. The van der Waals surface area contributed by atoms with Gasteiger partial charge < -0.3 is 10.5 Å². The lowest BCUT2D eigenvalue weighted by Crippen LogP contribution is -2.40.